The Morgan fingerprint density at radius 1 is 1.07 bits per heavy atom. The number of benzene rings is 2. The van der Waals surface area contributed by atoms with E-state index in [1.165, 1.54) is 31.4 Å². The van der Waals surface area contributed by atoms with Gasteiger partial charge in [0.05, 0.1) is 19.3 Å². The number of nitrogens with one attached hydrogen (secondary N) is 1. The van der Waals surface area contributed by atoms with Gasteiger partial charge in [-0.15, -0.1) is 6.42 Å². The van der Waals surface area contributed by atoms with Crippen LogP contribution in [0.5, 0.6) is 17.6 Å². The number of terminal acetylenes is 1. The molecule has 1 amide bonds. The molecule has 2 aromatic heterocycles. The Morgan fingerprint density at radius 2 is 1.89 bits per heavy atom. The number of carboxylic acid groups (broad SMARTS) is 1. The second-order valence-corrected chi connectivity index (χ2v) is 15.4. The number of aromatic nitrogens is 3. The molecular formula is C41H46F2N6O6. The van der Waals surface area contributed by atoms with Crippen LogP contribution in [0.3, 0.4) is 0 Å². The summed E-state index contributed by atoms with van der Waals surface area (Å²) in [5, 5.41) is 23.4. The molecule has 3 N–H and O–H groups in total. The van der Waals surface area contributed by atoms with Crippen molar-refractivity contribution in [3.05, 3.63) is 41.5 Å². The number of hydrogen-bond donors (Lipinski definition) is 3. The molecule has 3 aliphatic heterocycles. The summed E-state index contributed by atoms with van der Waals surface area (Å²) in [4.78, 5) is 30.3. The van der Waals surface area contributed by atoms with Crippen LogP contribution in [0, 0.1) is 35.3 Å². The molecule has 14 heteroatoms. The van der Waals surface area contributed by atoms with Crippen molar-refractivity contribution in [3.63, 3.8) is 0 Å². The van der Waals surface area contributed by atoms with Gasteiger partial charge in [0.2, 0.25) is 5.88 Å². The predicted molar refractivity (Wildman–Crippen MR) is 203 cm³/mol. The molecule has 0 bridgehead atoms. The number of anilines is 1. The van der Waals surface area contributed by atoms with Crippen molar-refractivity contribution in [2.45, 2.75) is 69.9 Å². The van der Waals surface area contributed by atoms with E-state index >= 15 is 8.78 Å². The average molecular weight is 757 g/mol. The summed E-state index contributed by atoms with van der Waals surface area (Å²) in [6.45, 7) is 4.22. The first kappa shape index (κ1) is 36.9. The Balaban J connectivity index is 1.24. The number of pyridine rings is 1. The fourth-order valence-corrected chi connectivity index (χ4v) is 9.73. The molecule has 1 aliphatic carbocycles. The number of likely N-dealkylation sites (tertiary alicyclic amines) is 1. The molecule has 8 rings (SSSR count). The molecule has 55 heavy (non-hydrogen) atoms. The number of phenolic OH excluding ortho intramolecular Hbond substituents is 1. The van der Waals surface area contributed by atoms with Crippen LogP contribution in [0.4, 0.5) is 19.4 Å². The van der Waals surface area contributed by atoms with Gasteiger partial charge in [-0.2, -0.15) is 9.97 Å². The van der Waals surface area contributed by atoms with E-state index in [0.29, 0.717) is 43.0 Å². The zero-order chi connectivity index (χ0) is 38.3. The zero-order valence-corrected chi connectivity index (χ0v) is 31.0. The van der Waals surface area contributed by atoms with Gasteiger partial charge in [-0.25, -0.2) is 18.6 Å². The van der Waals surface area contributed by atoms with Crippen LogP contribution in [0.25, 0.3) is 32.9 Å². The fourth-order valence-electron chi connectivity index (χ4n) is 9.73. The van der Waals surface area contributed by atoms with Crippen LogP contribution >= 0.6 is 0 Å². The third-order valence-corrected chi connectivity index (χ3v) is 12.2. The van der Waals surface area contributed by atoms with Crippen molar-refractivity contribution in [3.8, 4) is 41.2 Å². The van der Waals surface area contributed by atoms with Crippen molar-refractivity contribution in [2.75, 3.05) is 58.0 Å². The summed E-state index contributed by atoms with van der Waals surface area (Å²) in [7, 11) is 1.41. The standard InChI is InChI=1S/C41H46F2N6O6/c1-3-28-30(42)10-9-25-19-27(50)20-29(32(25)28)35-34(43)36-33(38(45-35)53-2)37(48-15-5-7-24(22-48)21-44-40(51)52)47-39(46-36)55-23-41-13-4-8-31(41)49(16-6-14-41)26-11-17-54-18-12-26/h1,9-10,19-20,24,26,31,44,50H,4-8,11-18,21-23H2,2H3,(H,51,52). The van der Waals surface area contributed by atoms with E-state index in [2.05, 4.69) is 21.1 Å². The number of ether oxygens (including phenoxy) is 3. The molecule has 0 radical (unpaired) electrons. The number of piperidine rings is 2. The van der Waals surface area contributed by atoms with Crippen molar-refractivity contribution >= 4 is 33.6 Å². The second-order valence-electron chi connectivity index (χ2n) is 15.4. The van der Waals surface area contributed by atoms with Gasteiger partial charge in [0.25, 0.3) is 0 Å². The normalized spacial score (nSPS) is 23.4. The number of amides is 1. The lowest BCUT2D eigenvalue weighted by molar-refractivity contribution is -0.0511. The van der Waals surface area contributed by atoms with Crippen LogP contribution in [-0.2, 0) is 4.74 Å². The summed E-state index contributed by atoms with van der Waals surface area (Å²) in [5.74, 6) is 1.02. The van der Waals surface area contributed by atoms with Gasteiger partial charge in [0.1, 0.15) is 34.0 Å². The van der Waals surface area contributed by atoms with E-state index in [1.54, 1.807) is 0 Å². The third kappa shape index (κ3) is 6.93. The van der Waals surface area contributed by atoms with Gasteiger partial charge in [0, 0.05) is 61.3 Å². The molecule has 4 fully saturated rings. The fraction of sp³-hybridized carbons (Fsp3) is 0.512. The van der Waals surface area contributed by atoms with Gasteiger partial charge in [-0.05, 0) is 87.4 Å². The zero-order valence-electron chi connectivity index (χ0n) is 31.0. The number of carbonyl (C=O) groups is 1. The maximum atomic E-state index is 17.3. The van der Waals surface area contributed by atoms with Crippen molar-refractivity contribution in [1.29, 1.82) is 0 Å². The Labute approximate surface area is 318 Å². The van der Waals surface area contributed by atoms with E-state index < -0.39 is 17.7 Å². The largest absolute Gasteiger partial charge is 0.508 e. The summed E-state index contributed by atoms with van der Waals surface area (Å²) >= 11 is 0. The van der Waals surface area contributed by atoms with E-state index in [4.69, 9.17) is 30.6 Å². The number of hydrogen-bond acceptors (Lipinski definition) is 10. The van der Waals surface area contributed by atoms with Crippen LogP contribution < -0.4 is 19.7 Å². The Morgan fingerprint density at radius 3 is 2.67 bits per heavy atom. The minimum atomic E-state index is -1.10. The molecule has 3 atom stereocenters. The lowest BCUT2D eigenvalue weighted by atomic mass is 9.74. The molecular weight excluding hydrogens is 710 g/mol. The average Bonchev–Trinajstić information content (AvgIpc) is 3.64. The van der Waals surface area contributed by atoms with Crippen LogP contribution in [0.1, 0.15) is 63.4 Å². The topological polar surface area (TPSA) is 142 Å². The number of rotatable bonds is 9. The maximum absolute atomic E-state index is 17.3. The Bertz CT molecular complexity index is 2160. The van der Waals surface area contributed by atoms with E-state index in [0.717, 1.165) is 77.5 Å². The Kier molecular flexibility index (Phi) is 10.3. The van der Waals surface area contributed by atoms with Gasteiger partial charge < -0.3 is 34.6 Å². The maximum Gasteiger partial charge on any atom is 0.404 e. The number of methoxy groups -OCH3 is 1. The molecule has 0 spiro atoms. The lowest BCUT2D eigenvalue weighted by Gasteiger charge is -2.50. The summed E-state index contributed by atoms with van der Waals surface area (Å²) in [5.41, 5.74) is -0.482. The molecule has 3 saturated heterocycles. The molecule has 5 heterocycles. The highest BCUT2D eigenvalue weighted by atomic mass is 19.1. The highest BCUT2D eigenvalue weighted by Gasteiger charge is 2.50. The molecule has 12 nitrogen and oxygen atoms in total. The van der Waals surface area contributed by atoms with Crippen LogP contribution in [0.2, 0.25) is 0 Å². The Hall–Kier alpha value is -5.00. The number of phenols is 1. The van der Waals surface area contributed by atoms with Gasteiger partial charge in [-0.3, -0.25) is 4.90 Å². The van der Waals surface area contributed by atoms with Gasteiger partial charge in [-0.1, -0.05) is 18.4 Å². The number of aromatic hydroxyl groups is 1. The molecule has 4 aromatic rings. The SMILES string of the molecule is C#Cc1c(F)ccc2cc(O)cc(-c3nc(OC)c4c(N5CCCC(CNC(=O)O)C5)nc(OCC56CCCC5N(C5CCOCC5)CCC6)nc4c3F)c12. The number of fused-ring (bicyclic) bond motifs is 3. The van der Waals surface area contributed by atoms with E-state index in [1.807, 2.05) is 4.90 Å². The van der Waals surface area contributed by atoms with Gasteiger partial charge >= 0.3 is 12.1 Å². The smallest absolute Gasteiger partial charge is 0.404 e. The number of nitrogens with zero attached hydrogens (tertiary/aromatic N) is 5. The van der Waals surface area contributed by atoms with E-state index in [-0.39, 0.29) is 68.6 Å². The minimum Gasteiger partial charge on any atom is -0.508 e. The first-order valence-electron chi connectivity index (χ1n) is 19.2. The van der Waals surface area contributed by atoms with Crippen molar-refractivity contribution in [1.82, 2.24) is 25.2 Å². The molecule has 2 aromatic carbocycles. The second kappa shape index (κ2) is 15.3. The summed E-state index contributed by atoms with van der Waals surface area (Å²) < 4.78 is 50.5. The first-order chi connectivity index (χ1) is 26.7. The minimum absolute atomic E-state index is 0.00530. The molecule has 3 unspecified atom stereocenters. The lowest BCUT2D eigenvalue weighted by Crippen LogP contribution is -2.56. The molecule has 1 saturated carbocycles. The number of halogens is 2. The van der Waals surface area contributed by atoms with E-state index in [9.17, 15) is 15.0 Å². The molecule has 4 aliphatic rings. The van der Waals surface area contributed by atoms with Crippen LogP contribution in [0.15, 0.2) is 24.3 Å². The monoisotopic (exact) mass is 756 g/mol. The highest BCUT2D eigenvalue weighted by Crippen LogP contribution is 2.50. The van der Waals surface area contributed by atoms with Crippen LogP contribution in [-0.4, -0.2) is 101 Å². The van der Waals surface area contributed by atoms with Gasteiger partial charge in [0.15, 0.2) is 5.82 Å². The van der Waals surface area contributed by atoms with Crippen molar-refractivity contribution < 1.29 is 38.0 Å². The van der Waals surface area contributed by atoms with Crippen molar-refractivity contribution in [2.24, 2.45) is 11.3 Å². The quantitative estimate of drug-likeness (QED) is 0.161. The predicted octanol–water partition coefficient (Wildman–Crippen LogP) is 6.50. The molecule has 290 valence electrons. The first-order valence-corrected chi connectivity index (χ1v) is 19.2. The summed E-state index contributed by atoms with van der Waals surface area (Å²) in [6, 6.07) is 6.24. The highest BCUT2D eigenvalue weighted by molar-refractivity contribution is 6.04. The summed E-state index contributed by atoms with van der Waals surface area (Å²) in [6.07, 6.45) is 13.5. The third-order valence-electron chi connectivity index (χ3n) is 12.2.